The molecule has 6 heteroatoms. The van der Waals surface area contributed by atoms with Crippen LogP contribution in [0.4, 0.5) is 0 Å². The van der Waals surface area contributed by atoms with E-state index >= 15 is 0 Å². The molecule has 0 heterocycles. The molecule has 0 spiro atoms. The van der Waals surface area contributed by atoms with Gasteiger partial charge in [-0.3, -0.25) is 4.79 Å². The van der Waals surface area contributed by atoms with Crippen molar-refractivity contribution in [3.63, 3.8) is 0 Å². The van der Waals surface area contributed by atoms with Gasteiger partial charge in [-0.15, -0.1) is 0 Å². The fraction of sp³-hybridized carbons (Fsp3) is 0.900. The van der Waals surface area contributed by atoms with Gasteiger partial charge >= 0.3 is 5.97 Å². The molecule has 0 aliphatic rings. The lowest BCUT2D eigenvalue weighted by molar-refractivity contribution is -0.137. The molecule has 2 N–H and O–H groups in total. The Kier molecular flexibility index (Phi) is 8.19. The van der Waals surface area contributed by atoms with E-state index in [1.165, 1.54) is 0 Å². The maximum absolute atomic E-state index is 11.3. The van der Waals surface area contributed by atoms with E-state index in [0.29, 0.717) is 6.54 Å². The van der Waals surface area contributed by atoms with Crippen LogP contribution >= 0.6 is 0 Å². The van der Waals surface area contributed by atoms with E-state index in [1.54, 1.807) is 0 Å². The third kappa shape index (κ3) is 9.92. The molecule has 0 unspecified atom stereocenters. The zero-order valence-electron chi connectivity index (χ0n) is 9.74. The second-order valence-corrected chi connectivity index (χ2v) is 5.70. The summed E-state index contributed by atoms with van der Waals surface area (Å²) in [7, 11) is -3.28. The van der Waals surface area contributed by atoms with E-state index in [4.69, 9.17) is 5.11 Å². The van der Waals surface area contributed by atoms with E-state index < -0.39 is 16.0 Å². The van der Waals surface area contributed by atoms with Crippen LogP contribution in [0.3, 0.4) is 0 Å². The van der Waals surface area contributed by atoms with Gasteiger partial charge in [0.05, 0.1) is 5.75 Å². The first kappa shape index (κ1) is 15.4. The summed E-state index contributed by atoms with van der Waals surface area (Å²) in [5.74, 6) is -1.06. The summed E-state index contributed by atoms with van der Waals surface area (Å²) in [5, 5.41) is 8.37. The van der Waals surface area contributed by atoms with Gasteiger partial charge in [-0.1, -0.05) is 26.2 Å². The van der Waals surface area contributed by atoms with E-state index in [0.717, 1.165) is 25.7 Å². The van der Waals surface area contributed by atoms with Crippen molar-refractivity contribution < 1.29 is 18.3 Å². The monoisotopic (exact) mass is 251 g/mol. The van der Waals surface area contributed by atoms with Crippen LogP contribution in [0, 0.1) is 0 Å². The molecule has 0 fully saturated rings. The molecular weight excluding hydrogens is 230 g/mol. The van der Waals surface area contributed by atoms with Crippen molar-refractivity contribution in [3.05, 3.63) is 0 Å². The molecule has 0 aliphatic carbocycles. The standard InChI is InChI=1S/C10H21NO4S/c1-2-3-4-5-8-11-16(14,15)9-6-7-10(12)13/h11H,2-9H2,1H3,(H,12,13). The highest BCUT2D eigenvalue weighted by molar-refractivity contribution is 7.89. The summed E-state index contributed by atoms with van der Waals surface area (Å²) < 4.78 is 25.2. The van der Waals surface area contributed by atoms with Gasteiger partial charge in [0.1, 0.15) is 0 Å². The first-order valence-corrected chi connectivity index (χ1v) is 7.32. The molecule has 96 valence electrons. The molecule has 0 aromatic rings. The first-order valence-electron chi connectivity index (χ1n) is 5.67. The molecule has 0 aromatic heterocycles. The Bertz CT molecular complexity index is 287. The summed E-state index contributed by atoms with van der Waals surface area (Å²) in [6.45, 7) is 2.55. The summed E-state index contributed by atoms with van der Waals surface area (Å²) in [6, 6.07) is 0. The minimum absolute atomic E-state index is 0.100. The van der Waals surface area contributed by atoms with E-state index in [-0.39, 0.29) is 18.6 Å². The first-order chi connectivity index (χ1) is 7.48. The van der Waals surface area contributed by atoms with Crippen LogP contribution < -0.4 is 4.72 Å². The smallest absolute Gasteiger partial charge is 0.303 e. The van der Waals surface area contributed by atoms with E-state index in [2.05, 4.69) is 11.6 Å². The van der Waals surface area contributed by atoms with Gasteiger partial charge < -0.3 is 5.11 Å². The third-order valence-electron chi connectivity index (χ3n) is 2.16. The molecule has 0 rings (SSSR count). The van der Waals surface area contributed by atoms with Crippen LogP contribution in [0.1, 0.15) is 45.4 Å². The lowest BCUT2D eigenvalue weighted by Gasteiger charge is -2.05. The maximum atomic E-state index is 11.3. The number of unbranched alkanes of at least 4 members (excludes halogenated alkanes) is 3. The van der Waals surface area contributed by atoms with Crippen LogP contribution in [0.25, 0.3) is 0 Å². The zero-order chi connectivity index (χ0) is 12.4. The molecule has 0 radical (unpaired) electrons. The van der Waals surface area contributed by atoms with Gasteiger partial charge in [0, 0.05) is 13.0 Å². The quantitative estimate of drug-likeness (QED) is 0.574. The molecule has 0 bridgehead atoms. The van der Waals surface area contributed by atoms with Crippen molar-refractivity contribution in [1.82, 2.24) is 4.72 Å². The predicted octanol–water partition coefficient (Wildman–Crippen LogP) is 1.35. The number of carboxylic acids is 1. The number of nitrogens with one attached hydrogen (secondary N) is 1. The molecule has 0 saturated carbocycles. The Hall–Kier alpha value is -0.620. The second kappa shape index (κ2) is 8.52. The molecule has 5 nitrogen and oxygen atoms in total. The maximum Gasteiger partial charge on any atom is 0.303 e. The van der Waals surface area contributed by atoms with E-state index in [9.17, 15) is 13.2 Å². The molecule has 0 atom stereocenters. The second-order valence-electron chi connectivity index (χ2n) is 3.77. The Morgan fingerprint density at radius 3 is 2.44 bits per heavy atom. The average Bonchev–Trinajstić information content (AvgIpc) is 2.16. The number of rotatable bonds is 10. The molecule has 16 heavy (non-hydrogen) atoms. The van der Waals surface area contributed by atoms with Crippen molar-refractivity contribution in [1.29, 1.82) is 0 Å². The highest BCUT2D eigenvalue weighted by Gasteiger charge is 2.09. The topological polar surface area (TPSA) is 83.5 Å². The fourth-order valence-corrected chi connectivity index (χ4v) is 2.39. The summed E-state index contributed by atoms with van der Waals surface area (Å²) in [5.41, 5.74) is 0. The minimum Gasteiger partial charge on any atom is -0.481 e. The van der Waals surface area contributed by atoms with Crippen molar-refractivity contribution in [2.45, 2.75) is 45.4 Å². The van der Waals surface area contributed by atoms with Gasteiger partial charge in [0.15, 0.2) is 0 Å². The minimum atomic E-state index is -3.28. The average molecular weight is 251 g/mol. The summed E-state index contributed by atoms with van der Waals surface area (Å²) >= 11 is 0. The third-order valence-corrected chi connectivity index (χ3v) is 3.63. The highest BCUT2D eigenvalue weighted by Crippen LogP contribution is 1.99. The molecule has 0 saturated heterocycles. The lowest BCUT2D eigenvalue weighted by atomic mass is 10.2. The number of carbonyl (C=O) groups is 1. The summed E-state index contributed by atoms with van der Waals surface area (Å²) in [4.78, 5) is 10.2. The Morgan fingerprint density at radius 2 is 1.88 bits per heavy atom. The largest absolute Gasteiger partial charge is 0.481 e. The number of carboxylic acid groups (broad SMARTS) is 1. The van der Waals surface area contributed by atoms with Gasteiger partial charge in [-0.25, -0.2) is 13.1 Å². The Morgan fingerprint density at radius 1 is 1.19 bits per heavy atom. The van der Waals surface area contributed by atoms with Crippen LogP contribution in [0.15, 0.2) is 0 Å². The van der Waals surface area contributed by atoms with Crippen LogP contribution in [-0.4, -0.2) is 31.8 Å². The van der Waals surface area contributed by atoms with Crippen LogP contribution in [0.2, 0.25) is 0 Å². The number of sulfonamides is 1. The Balaban J connectivity index is 3.58. The van der Waals surface area contributed by atoms with Crippen LogP contribution in [-0.2, 0) is 14.8 Å². The normalized spacial score (nSPS) is 11.6. The lowest BCUT2D eigenvalue weighted by Crippen LogP contribution is -2.27. The van der Waals surface area contributed by atoms with Gasteiger partial charge in [0.25, 0.3) is 0 Å². The van der Waals surface area contributed by atoms with Crippen molar-refractivity contribution in [2.24, 2.45) is 0 Å². The van der Waals surface area contributed by atoms with Gasteiger partial charge in [-0.2, -0.15) is 0 Å². The number of hydrogen-bond donors (Lipinski definition) is 2. The number of hydrogen-bond acceptors (Lipinski definition) is 3. The van der Waals surface area contributed by atoms with Crippen molar-refractivity contribution in [3.8, 4) is 0 Å². The fourth-order valence-electron chi connectivity index (χ4n) is 1.27. The molecular formula is C10H21NO4S. The predicted molar refractivity (Wildman–Crippen MR) is 62.8 cm³/mol. The van der Waals surface area contributed by atoms with Crippen LogP contribution in [0.5, 0.6) is 0 Å². The highest BCUT2D eigenvalue weighted by atomic mass is 32.2. The van der Waals surface area contributed by atoms with Gasteiger partial charge in [-0.05, 0) is 12.8 Å². The van der Waals surface area contributed by atoms with E-state index in [1.807, 2.05) is 0 Å². The van der Waals surface area contributed by atoms with Crippen molar-refractivity contribution in [2.75, 3.05) is 12.3 Å². The zero-order valence-corrected chi connectivity index (χ0v) is 10.6. The van der Waals surface area contributed by atoms with Crippen molar-refractivity contribution >= 4 is 16.0 Å². The molecule has 0 aromatic carbocycles. The molecule has 0 amide bonds. The summed E-state index contributed by atoms with van der Waals surface area (Å²) in [6.07, 6.45) is 4.16. The Labute approximate surface area is 97.3 Å². The van der Waals surface area contributed by atoms with Gasteiger partial charge in [0.2, 0.25) is 10.0 Å². The number of aliphatic carboxylic acids is 1. The SMILES string of the molecule is CCCCCCNS(=O)(=O)CCCC(=O)O. The molecule has 0 aliphatic heterocycles.